The van der Waals surface area contributed by atoms with Crippen LogP contribution < -0.4 is 10.4 Å². The van der Waals surface area contributed by atoms with E-state index >= 15 is 0 Å². The van der Waals surface area contributed by atoms with Crippen molar-refractivity contribution in [1.29, 1.82) is 0 Å². The molecule has 0 saturated carbocycles. The maximum Gasteiger partial charge on any atom is 0.344 e. The Balaban J connectivity index is 1.73. The summed E-state index contributed by atoms with van der Waals surface area (Å²) in [6.07, 6.45) is 2.19. The first-order valence-corrected chi connectivity index (χ1v) is 7.65. The van der Waals surface area contributed by atoms with E-state index in [1.165, 1.54) is 6.07 Å². The number of phenolic OH excluding ortho intramolecular Hbond substituents is 1. The summed E-state index contributed by atoms with van der Waals surface area (Å²) in [4.78, 5) is 12.2. The number of benzene rings is 2. The minimum atomic E-state index is -0.444. The number of hydrogen-bond donors (Lipinski definition) is 1. The molecule has 4 rings (SSSR count). The van der Waals surface area contributed by atoms with Gasteiger partial charge in [0.25, 0.3) is 0 Å². The van der Waals surface area contributed by atoms with Crippen LogP contribution in [0.4, 0.5) is 0 Å². The minimum absolute atomic E-state index is 0.0662. The fourth-order valence-corrected chi connectivity index (χ4v) is 2.95. The highest BCUT2D eigenvalue weighted by molar-refractivity contribution is 6.04. The van der Waals surface area contributed by atoms with E-state index in [0.717, 1.165) is 30.2 Å². The monoisotopic (exact) mass is 312 g/mol. The van der Waals surface area contributed by atoms with E-state index < -0.39 is 5.63 Å². The van der Waals surface area contributed by atoms with Crippen LogP contribution in [0.5, 0.6) is 11.5 Å². The molecule has 2 aromatic carbocycles. The van der Waals surface area contributed by atoms with Gasteiger partial charge in [0.05, 0.1) is 11.5 Å². The van der Waals surface area contributed by atoms with E-state index in [2.05, 4.69) is 0 Å². The molecule has 5 nitrogen and oxygen atoms in total. The third-order valence-electron chi connectivity index (χ3n) is 4.13. The van der Waals surface area contributed by atoms with Gasteiger partial charge in [0, 0.05) is 23.4 Å². The molecule has 1 N–H and O–H groups in total. The summed E-state index contributed by atoms with van der Waals surface area (Å²) in [5, 5.41) is 11.5. The molecule has 0 bridgehead atoms. The predicted molar refractivity (Wildman–Crippen MR) is 86.1 cm³/mol. The van der Waals surface area contributed by atoms with E-state index in [4.69, 9.17) is 13.9 Å². The fraction of sp³-hybridized carbons (Fsp3) is 0.278. The zero-order valence-electron chi connectivity index (χ0n) is 12.5. The maximum atomic E-state index is 12.2. The number of ether oxygens (including phenoxy) is 2. The molecule has 1 saturated heterocycles. The normalized spacial score (nSPS) is 17.8. The van der Waals surface area contributed by atoms with Crippen molar-refractivity contribution in [2.75, 3.05) is 13.2 Å². The number of rotatable bonds is 3. The topological polar surface area (TPSA) is 68.9 Å². The second-order valence-electron chi connectivity index (χ2n) is 5.72. The van der Waals surface area contributed by atoms with E-state index in [1.807, 2.05) is 12.1 Å². The Morgan fingerprint density at radius 2 is 2.00 bits per heavy atom. The average molecular weight is 312 g/mol. The van der Waals surface area contributed by atoms with Gasteiger partial charge in [-0.1, -0.05) is 0 Å². The van der Waals surface area contributed by atoms with E-state index in [9.17, 15) is 9.90 Å². The lowest BCUT2D eigenvalue weighted by atomic mass is 10.1. The predicted octanol–water partition coefficient (Wildman–Crippen LogP) is 3.21. The summed E-state index contributed by atoms with van der Waals surface area (Å²) in [6.45, 7) is 1.27. The largest absolute Gasteiger partial charge is 0.508 e. The molecule has 118 valence electrons. The molecule has 3 aromatic rings. The Hall–Kier alpha value is -2.53. The van der Waals surface area contributed by atoms with Gasteiger partial charge in [0.15, 0.2) is 0 Å². The molecule has 1 aliphatic heterocycles. The second-order valence-corrected chi connectivity index (χ2v) is 5.72. The van der Waals surface area contributed by atoms with Crippen LogP contribution in [0.2, 0.25) is 0 Å². The van der Waals surface area contributed by atoms with Gasteiger partial charge in [-0.25, -0.2) is 4.79 Å². The van der Waals surface area contributed by atoms with E-state index in [-0.39, 0.29) is 11.9 Å². The third kappa shape index (κ3) is 2.64. The van der Waals surface area contributed by atoms with Gasteiger partial charge in [-0.3, -0.25) is 0 Å². The number of phenols is 1. The Labute approximate surface area is 132 Å². The molecule has 0 radical (unpaired) electrons. The standard InChI is InChI=1S/C18H16O5/c19-11-3-5-15-14-6-4-12(22-10-13-2-1-7-21-13)9-16(14)18(20)23-17(15)8-11/h3-6,8-9,13,19H,1-2,7,10H2. The summed E-state index contributed by atoms with van der Waals surface area (Å²) in [7, 11) is 0. The minimum Gasteiger partial charge on any atom is -0.508 e. The Morgan fingerprint density at radius 1 is 1.13 bits per heavy atom. The van der Waals surface area contributed by atoms with Crippen LogP contribution >= 0.6 is 0 Å². The van der Waals surface area contributed by atoms with Crippen molar-refractivity contribution >= 4 is 21.7 Å². The van der Waals surface area contributed by atoms with Gasteiger partial charge in [0.2, 0.25) is 0 Å². The summed E-state index contributed by atoms with van der Waals surface area (Å²) >= 11 is 0. The molecule has 2 heterocycles. The summed E-state index contributed by atoms with van der Waals surface area (Å²) < 4.78 is 16.6. The lowest BCUT2D eigenvalue weighted by molar-refractivity contribution is 0.0680. The van der Waals surface area contributed by atoms with Gasteiger partial charge in [-0.2, -0.15) is 0 Å². The zero-order chi connectivity index (χ0) is 15.8. The SMILES string of the molecule is O=c1oc2cc(O)ccc2c2ccc(OCC3CCCO3)cc12. The van der Waals surface area contributed by atoms with Gasteiger partial charge in [-0.05, 0) is 43.2 Å². The highest BCUT2D eigenvalue weighted by Gasteiger charge is 2.16. The van der Waals surface area contributed by atoms with Crippen LogP contribution in [0.3, 0.4) is 0 Å². The smallest absolute Gasteiger partial charge is 0.344 e. The van der Waals surface area contributed by atoms with Crippen LogP contribution in [0.1, 0.15) is 12.8 Å². The Kier molecular flexibility index (Phi) is 3.42. The molecule has 0 amide bonds. The van der Waals surface area contributed by atoms with Gasteiger partial charge in [0.1, 0.15) is 23.7 Å². The number of fused-ring (bicyclic) bond motifs is 3. The van der Waals surface area contributed by atoms with Crippen molar-refractivity contribution in [1.82, 2.24) is 0 Å². The third-order valence-corrected chi connectivity index (χ3v) is 4.13. The van der Waals surface area contributed by atoms with Crippen molar-refractivity contribution in [3.05, 3.63) is 46.8 Å². The van der Waals surface area contributed by atoms with Gasteiger partial charge >= 0.3 is 5.63 Å². The number of hydrogen-bond acceptors (Lipinski definition) is 5. The molecule has 1 unspecified atom stereocenters. The van der Waals surface area contributed by atoms with Crippen molar-refractivity contribution in [2.45, 2.75) is 18.9 Å². The molecule has 5 heteroatoms. The molecule has 1 aromatic heterocycles. The Bertz CT molecular complexity index is 922. The molecular weight excluding hydrogens is 296 g/mol. The summed E-state index contributed by atoms with van der Waals surface area (Å²) in [6, 6.07) is 10.1. The van der Waals surface area contributed by atoms with Gasteiger partial charge < -0.3 is 19.0 Å². The highest BCUT2D eigenvalue weighted by atomic mass is 16.5. The quantitative estimate of drug-likeness (QED) is 0.594. The molecule has 23 heavy (non-hydrogen) atoms. The van der Waals surface area contributed by atoms with Crippen molar-refractivity contribution < 1.29 is 19.0 Å². The Morgan fingerprint density at radius 3 is 2.83 bits per heavy atom. The molecule has 1 aliphatic rings. The summed E-state index contributed by atoms with van der Waals surface area (Å²) in [5.74, 6) is 0.690. The van der Waals surface area contributed by atoms with Gasteiger partial charge in [-0.15, -0.1) is 0 Å². The molecule has 1 fully saturated rings. The molecule has 1 atom stereocenters. The lowest BCUT2D eigenvalue weighted by Gasteiger charge is -2.12. The van der Waals surface area contributed by atoms with Crippen LogP contribution in [0.15, 0.2) is 45.6 Å². The lowest BCUT2D eigenvalue weighted by Crippen LogP contribution is -2.16. The highest BCUT2D eigenvalue weighted by Crippen LogP contribution is 2.28. The molecular formula is C18H16O5. The van der Waals surface area contributed by atoms with Crippen molar-refractivity contribution in [3.8, 4) is 11.5 Å². The fourth-order valence-electron chi connectivity index (χ4n) is 2.95. The van der Waals surface area contributed by atoms with Crippen LogP contribution in [-0.2, 0) is 4.74 Å². The van der Waals surface area contributed by atoms with E-state index in [1.54, 1.807) is 18.2 Å². The maximum absolute atomic E-state index is 12.2. The first-order chi connectivity index (χ1) is 11.2. The second kappa shape index (κ2) is 5.59. The first kappa shape index (κ1) is 14.1. The van der Waals surface area contributed by atoms with Crippen molar-refractivity contribution in [2.24, 2.45) is 0 Å². The van der Waals surface area contributed by atoms with Crippen LogP contribution in [0, 0.1) is 0 Å². The zero-order valence-corrected chi connectivity index (χ0v) is 12.5. The van der Waals surface area contributed by atoms with Crippen LogP contribution in [-0.4, -0.2) is 24.4 Å². The molecule has 0 aliphatic carbocycles. The van der Waals surface area contributed by atoms with Crippen LogP contribution in [0.25, 0.3) is 21.7 Å². The average Bonchev–Trinajstić information content (AvgIpc) is 3.06. The summed E-state index contributed by atoms with van der Waals surface area (Å²) in [5.41, 5.74) is -0.0730. The van der Waals surface area contributed by atoms with E-state index in [0.29, 0.717) is 23.3 Å². The first-order valence-electron chi connectivity index (χ1n) is 7.65. The molecule has 0 spiro atoms. The number of aromatic hydroxyl groups is 1. The van der Waals surface area contributed by atoms with Crippen molar-refractivity contribution in [3.63, 3.8) is 0 Å².